The summed E-state index contributed by atoms with van der Waals surface area (Å²) in [5, 5.41) is 12.5. The van der Waals surface area contributed by atoms with Gasteiger partial charge in [0.25, 0.3) is 0 Å². The molecule has 0 unspecified atom stereocenters. The van der Waals surface area contributed by atoms with E-state index in [2.05, 4.69) is 47.6 Å². The maximum Gasteiger partial charge on any atom is 0.129 e. The first-order valence-corrected chi connectivity index (χ1v) is 9.37. The molecule has 134 valence electrons. The van der Waals surface area contributed by atoms with Gasteiger partial charge >= 0.3 is 0 Å². The lowest BCUT2D eigenvalue weighted by molar-refractivity contribution is 0.562. The van der Waals surface area contributed by atoms with Crippen LogP contribution in [0.15, 0.2) is 54.7 Å². The fourth-order valence-corrected chi connectivity index (χ4v) is 3.53. The molecular formula is C23H22N4. The number of aromatic nitrogens is 2. The van der Waals surface area contributed by atoms with Crippen molar-refractivity contribution in [2.75, 3.05) is 13.1 Å². The van der Waals surface area contributed by atoms with Gasteiger partial charge in [-0.1, -0.05) is 42.0 Å². The predicted molar refractivity (Wildman–Crippen MR) is 107 cm³/mol. The number of hydrogen-bond acceptors (Lipinski definition) is 4. The summed E-state index contributed by atoms with van der Waals surface area (Å²) in [5.41, 5.74) is 5.95. The second-order valence-electron chi connectivity index (χ2n) is 7.17. The first-order chi connectivity index (χ1) is 13.2. The Bertz CT molecular complexity index is 963. The van der Waals surface area contributed by atoms with E-state index in [1.54, 1.807) is 0 Å². The molecule has 1 aliphatic rings. The smallest absolute Gasteiger partial charge is 0.129 e. The lowest BCUT2D eigenvalue weighted by Crippen LogP contribution is -2.12. The maximum absolute atomic E-state index is 9.08. The maximum atomic E-state index is 9.08. The van der Waals surface area contributed by atoms with E-state index in [4.69, 9.17) is 10.2 Å². The van der Waals surface area contributed by atoms with E-state index < -0.39 is 0 Å². The molecule has 1 aromatic heterocycles. The van der Waals surface area contributed by atoms with Crippen molar-refractivity contribution in [2.45, 2.75) is 19.8 Å². The van der Waals surface area contributed by atoms with Gasteiger partial charge in [0.2, 0.25) is 0 Å². The van der Waals surface area contributed by atoms with Gasteiger partial charge in [-0.25, -0.2) is 9.97 Å². The summed E-state index contributed by atoms with van der Waals surface area (Å²) in [4.78, 5) is 9.61. The molecule has 4 nitrogen and oxygen atoms in total. The number of nitriles is 1. The summed E-state index contributed by atoms with van der Waals surface area (Å²) in [5.74, 6) is 1.49. The summed E-state index contributed by atoms with van der Waals surface area (Å²) in [7, 11) is 0. The van der Waals surface area contributed by atoms with E-state index in [0.717, 1.165) is 47.7 Å². The van der Waals surface area contributed by atoms with Crippen LogP contribution in [0.1, 0.15) is 23.4 Å². The van der Waals surface area contributed by atoms with Crippen molar-refractivity contribution < 1.29 is 0 Å². The molecule has 0 spiro atoms. The molecule has 0 radical (unpaired) electrons. The van der Waals surface area contributed by atoms with Crippen molar-refractivity contribution in [3.05, 3.63) is 71.7 Å². The van der Waals surface area contributed by atoms with Crippen LogP contribution >= 0.6 is 0 Å². The van der Waals surface area contributed by atoms with Crippen LogP contribution in [0.3, 0.4) is 0 Å². The average molecular weight is 354 g/mol. The van der Waals surface area contributed by atoms with Crippen LogP contribution in [0.5, 0.6) is 0 Å². The molecule has 2 heterocycles. The van der Waals surface area contributed by atoms with Gasteiger partial charge in [-0.2, -0.15) is 5.26 Å². The molecule has 3 aromatic rings. The fourth-order valence-electron chi connectivity index (χ4n) is 3.53. The van der Waals surface area contributed by atoms with Gasteiger partial charge in [0.05, 0.1) is 17.3 Å². The Labute approximate surface area is 159 Å². The molecule has 0 aliphatic carbocycles. The average Bonchev–Trinajstić information content (AvgIpc) is 3.22. The second kappa shape index (κ2) is 7.69. The highest BCUT2D eigenvalue weighted by Crippen LogP contribution is 2.31. The zero-order chi connectivity index (χ0) is 18.6. The number of hydrogen-bond donors (Lipinski definition) is 1. The van der Waals surface area contributed by atoms with Gasteiger partial charge in [0.1, 0.15) is 5.82 Å². The van der Waals surface area contributed by atoms with E-state index in [1.807, 2.05) is 30.5 Å². The molecule has 4 heteroatoms. The summed E-state index contributed by atoms with van der Waals surface area (Å²) < 4.78 is 0. The lowest BCUT2D eigenvalue weighted by atomic mass is 9.98. The van der Waals surface area contributed by atoms with Gasteiger partial charge in [-0.3, -0.25) is 0 Å². The Kier molecular flexibility index (Phi) is 4.95. The van der Waals surface area contributed by atoms with Gasteiger partial charge in [0, 0.05) is 23.7 Å². The quantitative estimate of drug-likeness (QED) is 0.765. The first-order valence-electron chi connectivity index (χ1n) is 9.37. The molecule has 1 atom stereocenters. The second-order valence-corrected chi connectivity index (χ2v) is 7.17. The number of nitrogens with zero attached hydrogens (tertiary/aromatic N) is 3. The normalized spacial score (nSPS) is 16.2. The first kappa shape index (κ1) is 17.4. The van der Waals surface area contributed by atoms with E-state index in [1.165, 1.54) is 12.0 Å². The summed E-state index contributed by atoms with van der Waals surface area (Å²) in [6.45, 7) is 4.20. The molecule has 2 aromatic carbocycles. The van der Waals surface area contributed by atoms with E-state index in [0.29, 0.717) is 11.5 Å². The standard InChI is InChI=1S/C23H22N4/c1-16-2-6-19(7-3-16)21-15-26-22(12-18-10-11-25-14-18)27-23(21)20-8-4-17(13-24)5-9-20/h2-9,15,18,25H,10-12,14H2,1H3/t18-/m1/s1. The topological polar surface area (TPSA) is 61.6 Å². The van der Waals surface area contributed by atoms with Crippen LogP contribution in [0, 0.1) is 24.2 Å². The summed E-state index contributed by atoms with van der Waals surface area (Å²) in [6.07, 6.45) is 4.02. The summed E-state index contributed by atoms with van der Waals surface area (Å²) >= 11 is 0. The van der Waals surface area contributed by atoms with Gasteiger partial charge < -0.3 is 5.32 Å². The van der Waals surface area contributed by atoms with Crippen LogP contribution in [-0.4, -0.2) is 23.1 Å². The van der Waals surface area contributed by atoms with Crippen LogP contribution < -0.4 is 5.32 Å². The Morgan fingerprint density at radius 1 is 1.07 bits per heavy atom. The molecule has 1 fully saturated rings. The summed E-state index contributed by atoms with van der Waals surface area (Å²) in [6, 6.07) is 18.2. The SMILES string of the molecule is Cc1ccc(-c2cnc(C[C@H]3CCNC3)nc2-c2ccc(C#N)cc2)cc1. The minimum absolute atomic E-state index is 0.601. The molecule has 4 rings (SSSR count). The van der Waals surface area contributed by atoms with Crippen molar-refractivity contribution in [2.24, 2.45) is 5.92 Å². The molecule has 0 saturated carbocycles. The third-order valence-electron chi connectivity index (χ3n) is 5.12. The zero-order valence-electron chi connectivity index (χ0n) is 15.4. The molecule has 0 bridgehead atoms. The number of nitrogens with one attached hydrogen (secondary N) is 1. The number of benzene rings is 2. The highest BCUT2D eigenvalue weighted by molar-refractivity contribution is 5.80. The molecule has 1 aliphatic heterocycles. The predicted octanol–water partition coefficient (Wildman–Crippen LogP) is 4.14. The molecular weight excluding hydrogens is 332 g/mol. The van der Waals surface area contributed by atoms with E-state index in [9.17, 15) is 0 Å². The van der Waals surface area contributed by atoms with Gasteiger partial charge in [0.15, 0.2) is 0 Å². The van der Waals surface area contributed by atoms with Crippen LogP contribution in [0.25, 0.3) is 22.4 Å². The molecule has 0 amide bonds. The van der Waals surface area contributed by atoms with E-state index >= 15 is 0 Å². The third-order valence-corrected chi connectivity index (χ3v) is 5.12. The van der Waals surface area contributed by atoms with Crippen molar-refractivity contribution in [3.63, 3.8) is 0 Å². The van der Waals surface area contributed by atoms with Crippen LogP contribution in [0.2, 0.25) is 0 Å². The third kappa shape index (κ3) is 3.89. The van der Waals surface area contributed by atoms with Gasteiger partial charge in [-0.05, 0) is 50.0 Å². The Morgan fingerprint density at radius 3 is 2.48 bits per heavy atom. The minimum Gasteiger partial charge on any atom is -0.316 e. The number of aryl methyl sites for hydroxylation is 1. The Balaban J connectivity index is 1.76. The van der Waals surface area contributed by atoms with Crippen molar-refractivity contribution in [3.8, 4) is 28.5 Å². The molecule has 27 heavy (non-hydrogen) atoms. The lowest BCUT2D eigenvalue weighted by Gasteiger charge is -2.13. The van der Waals surface area contributed by atoms with Crippen molar-refractivity contribution in [1.29, 1.82) is 5.26 Å². The molecule has 1 N–H and O–H groups in total. The fraction of sp³-hybridized carbons (Fsp3) is 0.261. The highest BCUT2D eigenvalue weighted by atomic mass is 14.9. The molecule has 1 saturated heterocycles. The van der Waals surface area contributed by atoms with E-state index in [-0.39, 0.29) is 0 Å². The van der Waals surface area contributed by atoms with Crippen LogP contribution in [-0.2, 0) is 6.42 Å². The minimum atomic E-state index is 0.601. The highest BCUT2D eigenvalue weighted by Gasteiger charge is 2.18. The van der Waals surface area contributed by atoms with Gasteiger partial charge in [-0.15, -0.1) is 0 Å². The number of rotatable bonds is 4. The monoisotopic (exact) mass is 354 g/mol. The van der Waals surface area contributed by atoms with Crippen molar-refractivity contribution >= 4 is 0 Å². The zero-order valence-corrected chi connectivity index (χ0v) is 15.4. The van der Waals surface area contributed by atoms with Crippen LogP contribution in [0.4, 0.5) is 0 Å². The largest absolute Gasteiger partial charge is 0.316 e. The Hall–Kier alpha value is -3.03. The van der Waals surface area contributed by atoms with Crippen molar-refractivity contribution in [1.82, 2.24) is 15.3 Å². The Morgan fingerprint density at radius 2 is 1.81 bits per heavy atom.